The van der Waals surface area contributed by atoms with Crippen LogP contribution in [0.5, 0.6) is 0 Å². The van der Waals surface area contributed by atoms with E-state index >= 15 is 0 Å². The van der Waals surface area contributed by atoms with Gasteiger partial charge < -0.3 is 9.47 Å². The van der Waals surface area contributed by atoms with Gasteiger partial charge in [0, 0.05) is 12.6 Å². The molecule has 3 rings (SSSR count). The van der Waals surface area contributed by atoms with Crippen molar-refractivity contribution in [1.29, 1.82) is 0 Å². The molecule has 2 heterocycles. The maximum absolute atomic E-state index is 5.65. The summed E-state index contributed by atoms with van der Waals surface area (Å²) in [6.45, 7) is 6.54. The largest absolute Gasteiger partial charge is 0.314 e. The van der Waals surface area contributed by atoms with E-state index in [1.807, 2.05) is 16.3 Å². The lowest BCUT2D eigenvalue weighted by molar-refractivity contribution is -0.953. The molecule has 1 aromatic carbocycles. The number of aromatic nitrogens is 3. The third-order valence-corrected chi connectivity index (χ3v) is 5.63. The molecule has 0 spiro atoms. The van der Waals surface area contributed by atoms with Crippen LogP contribution >= 0.6 is 12.2 Å². The Morgan fingerprint density at radius 3 is 2.83 bits per heavy atom. The molecular formula is C18H27N4S+. The number of hydrogen-bond donors (Lipinski definition) is 1. The van der Waals surface area contributed by atoms with E-state index in [4.69, 9.17) is 17.3 Å². The molecule has 0 amide bonds. The molecule has 4 nitrogen and oxygen atoms in total. The van der Waals surface area contributed by atoms with Crippen molar-refractivity contribution < 1.29 is 4.90 Å². The number of aryl methyl sites for hydroxylation is 1. The summed E-state index contributed by atoms with van der Waals surface area (Å²) in [5, 5.41) is 4.86. The van der Waals surface area contributed by atoms with Crippen molar-refractivity contribution in [3.63, 3.8) is 0 Å². The molecule has 1 aliphatic rings. The Morgan fingerprint density at radius 2 is 2.09 bits per heavy atom. The molecule has 5 heteroatoms. The van der Waals surface area contributed by atoms with Crippen molar-refractivity contribution >= 4 is 12.2 Å². The van der Waals surface area contributed by atoms with Crippen LogP contribution in [0.1, 0.15) is 38.2 Å². The van der Waals surface area contributed by atoms with E-state index in [0.717, 1.165) is 23.3 Å². The van der Waals surface area contributed by atoms with Crippen LogP contribution in [-0.2, 0) is 13.7 Å². The highest BCUT2D eigenvalue weighted by Gasteiger charge is 2.25. The summed E-state index contributed by atoms with van der Waals surface area (Å²) in [5.41, 5.74) is 2.40. The van der Waals surface area contributed by atoms with Crippen molar-refractivity contribution in [3.8, 4) is 11.4 Å². The van der Waals surface area contributed by atoms with Gasteiger partial charge in [-0.25, -0.2) is 0 Å². The van der Waals surface area contributed by atoms with Crippen LogP contribution in [0.3, 0.4) is 0 Å². The summed E-state index contributed by atoms with van der Waals surface area (Å²) in [4.78, 5) is 1.63. The van der Waals surface area contributed by atoms with Gasteiger partial charge in [-0.3, -0.25) is 0 Å². The molecule has 0 saturated carbocycles. The third kappa shape index (κ3) is 3.26. The van der Waals surface area contributed by atoms with Gasteiger partial charge in [-0.15, -0.1) is 5.10 Å². The lowest BCUT2D eigenvalue weighted by Crippen LogP contribution is -3.15. The number of benzene rings is 1. The summed E-state index contributed by atoms with van der Waals surface area (Å²) in [5.74, 6) is 0.970. The highest BCUT2D eigenvalue weighted by atomic mass is 32.1. The predicted octanol–water partition coefficient (Wildman–Crippen LogP) is 2.73. The molecule has 0 bridgehead atoms. The van der Waals surface area contributed by atoms with Gasteiger partial charge in [0.2, 0.25) is 4.77 Å². The van der Waals surface area contributed by atoms with Gasteiger partial charge in [0.1, 0.15) is 0 Å². The average Bonchev–Trinajstić information content (AvgIpc) is 2.84. The Balaban J connectivity index is 1.91. The molecule has 1 N–H and O–H groups in total. The fourth-order valence-corrected chi connectivity index (χ4v) is 3.89. The SMILES string of the molecule is CC[C@@H]1CCCC[NH+]1Cn1nc(-c2ccccc2C)n(C)c1=S. The first-order valence-corrected chi connectivity index (χ1v) is 9.07. The first kappa shape index (κ1) is 16.4. The molecule has 0 aliphatic carbocycles. The number of hydrogen-bond acceptors (Lipinski definition) is 2. The Morgan fingerprint density at radius 1 is 1.30 bits per heavy atom. The average molecular weight is 332 g/mol. The van der Waals surface area contributed by atoms with Gasteiger partial charge in [0.25, 0.3) is 0 Å². The first-order chi connectivity index (χ1) is 11.1. The minimum Gasteiger partial charge on any atom is -0.314 e. The van der Waals surface area contributed by atoms with Crippen LogP contribution < -0.4 is 4.90 Å². The molecule has 2 atom stereocenters. The third-order valence-electron chi connectivity index (χ3n) is 5.15. The molecule has 1 unspecified atom stereocenters. The molecule has 2 aromatic rings. The molecule has 0 radical (unpaired) electrons. The summed E-state index contributed by atoms with van der Waals surface area (Å²) < 4.78 is 4.89. The van der Waals surface area contributed by atoms with Crippen LogP contribution in [0.25, 0.3) is 11.4 Å². The fourth-order valence-electron chi connectivity index (χ4n) is 3.69. The maximum Gasteiger partial charge on any atom is 0.202 e. The van der Waals surface area contributed by atoms with Crippen LogP contribution in [0.4, 0.5) is 0 Å². The lowest BCUT2D eigenvalue weighted by atomic mass is 10.0. The summed E-state index contributed by atoms with van der Waals surface area (Å²) >= 11 is 5.65. The second-order valence-corrected chi connectivity index (χ2v) is 7.01. The van der Waals surface area contributed by atoms with Crippen LogP contribution in [0, 0.1) is 11.7 Å². The number of nitrogens with zero attached hydrogens (tertiary/aromatic N) is 3. The van der Waals surface area contributed by atoms with E-state index < -0.39 is 0 Å². The minimum absolute atomic E-state index is 0.745. The zero-order valence-electron chi connectivity index (χ0n) is 14.4. The lowest BCUT2D eigenvalue weighted by Gasteiger charge is -2.31. The van der Waals surface area contributed by atoms with Crippen molar-refractivity contribution in [2.24, 2.45) is 7.05 Å². The summed E-state index contributed by atoms with van der Waals surface area (Å²) in [7, 11) is 2.02. The van der Waals surface area contributed by atoms with Crippen molar-refractivity contribution in [2.75, 3.05) is 6.54 Å². The monoisotopic (exact) mass is 331 g/mol. The van der Waals surface area contributed by atoms with Gasteiger partial charge in [-0.2, -0.15) is 4.68 Å². The van der Waals surface area contributed by atoms with Crippen LogP contribution in [0.15, 0.2) is 24.3 Å². The van der Waals surface area contributed by atoms with Crippen LogP contribution in [0.2, 0.25) is 0 Å². The first-order valence-electron chi connectivity index (χ1n) is 8.66. The van der Waals surface area contributed by atoms with E-state index in [1.54, 1.807) is 4.90 Å². The topological polar surface area (TPSA) is 27.2 Å². The van der Waals surface area contributed by atoms with E-state index in [2.05, 4.69) is 38.1 Å². The number of rotatable bonds is 4. The van der Waals surface area contributed by atoms with Gasteiger partial charge in [0.05, 0.1) is 12.6 Å². The summed E-state index contributed by atoms with van der Waals surface area (Å²) in [6.07, 6.45) is 5.25. The van der Waals surface area contributed by atoms with E-state index in [0.29, 0.717) is 0 Å². The van der Waals surface area contributed by atoms with Gasteiger partial charge in [-0.1, -0.05) is 31.2 Å². The summed E-state index contributed by atoms with van der Waals surface area (Å²) in [6, 6.07) is 9.12. The Kier molecular flexibility index (Phi) is 4.97. The molecule has 23 heavy (non-hydrogen) atoms. The number of piperidine rings is 1. The maximum atomic E-state index is 5.65. The second kappa shape index (κ2) is 6.97. The second-order valence-electron chi connectivity index (χ2n) is 6.65. The molecule has 124 valence electrons. The van der Waals surface area contributed by atoms with Gasteiger partial charge in [-0.05, 0) is 50.4 Å². The van der Waals surface area contributed by atoms with Crippen LogP contribution in [-0.4, -0.2) is 26.9 Å². The molecule has 1 fully saturated rings. The quantitative estimate of drug-likeness (QED) is 0.872. The smallest absolute Gasteiger partial charge is 0.202 e. The number of likely N-dealkylation sites (tertiary alicyclic amines) is 1. The van der Waals surface area contributed by atoms with E-state index in [-0.39, 0.29) is 0 Å². The van der Waals surface area contributed by atoms with E-state index in [1.165, 1.54) is 43.4 Å². The fraction of sp³-hybridized carbons (Fsp3) is 0.556. The van der Waals surface area contributed by atoms with Crippen molar-refractivity contribution in [1.82, 2.24) is 14.3 Å². The standard InChI is InChI=1S/C18H26N4S/c1-4-15-10-7-8-12-21(15)13-22-18(23)20(3)17(19-22)16-11-6-5-9-14(16)2/h5-6,9,11,15H,4,7-8,10,12-13H2,1-3H3/p+1/t15-/m1/s1. The Hall–Kier alpha value is -1.46. The van der Waals surface area contributed by atoms with Gasteiger partial charge in [0.15, 0.2) is 12.5 Å². The molecular weight excluding hydrogens is 304 g/mol. The normalized spacial score (nSPS) is 21.5. The highest BCUT2D eigenvalue weighted by molar-refractivity contribution is 7.71. The highest BCUT2D eigenvalue weighted by Crippen LogP contribution is 2.21. The number of nitrogens with one attached hydrogen (secondary N) is 1. The number of quaternary nitrogens is 1. The van der Waals surface area contributed by atoms with E-state index in [9.17, 15) is 0 Å². The zero-order chi connectivity index (χ0) is 16.4. The van der Waals surface area contributed by atoms with Crippen molar-refractivity contribution in [3.05, 3.63) is 34.6 Å². The minimum atomic E-state index is 0.745. The van der Waals surface area contributed by atoms with Crippen molar-refractivity contribution in [2.45, 2.75) is 52.2 Å². The molecule has 1 aliphatic heterocycles. The Bertz CT molecular complexity index is 731. The Labute approximate surface area is 143 Å². The zero-order valence-corrected chi connectivity index (χ0v) is 15.2. The molecule has 1 aromatic heterocycles. The predicted molar refractivity (Wildman–Crippen MR) is 96.0 cm³/mol. The molecule has 1 saturated heterocycles. The van der Waals surface area contributed by atoms with Gasteiger partial charge >= 0.3 is 0 Å².